The van der Waals surface area contributed by atoms with E-state index in [4.69, 9.17) is 9.47 Å². The maximum atomic E-state index is 12.6. The smallest absolute Gasteiger partial charge is 0.224 e. The molecule has 3 aromatic carbocycles. The van der Waals surface area contributed by atoms with Crippen LogP contribution < -0.4 is 10.6 Å². The lowest BCUT2D eigenvalue weighted by molar-refractivity contribution is -0.253. The Labute approximate surface area is 255 Å². The average molecular weight is 588 g/mol. The number of hydrogen-bond donors (Lipinski definition) is 3. The number of aliphatic hydroxyl groups excluding tert-OH is 1. The van der Waals surface area contributed by atoms with E-state index in [-0.39, 0.29) is 36.7 Å². The van der Waals surface area contributed by atoms with Crippen molar-refractivity contribution in [3.05, 3.63) is 101 Å². The molecule has 8 heteroatoms. The number of nitrogens with zero attached hydrogens (tertiary/aromatic N) is 1. The summed E-state index contributed by atoms with van der Waals surface area (Å²) in [5.74, 6) is -0.0760. The minimum absolute atomic E-state index is 0.00206. The molecule has 2 amide bonds. The number of benzene rings is 3. The molecule has 4 atom stereocenters. The van der Waals surface area contributed by atoms with Crippen LogP contribution in [0.3, 0.4) is 0 Å². The predicted octanol–water partition coefficient (Wildman–Crippen LogP) is 6.05. The Hall–Kier alpha value is -3.56. The summed E-state index contributed by atoms with van der Waals surface area (Å²) in [6, 6.07) is 26.2. The molecule has 1 saturated heterocycles. The van der Waals surface area contributed by atoms with Gasteiger partial charge in [0, 0.05) is 50.1 Å². The number of unbranched alkanes of at least 4 members (excludes halogenated alkanes) is 2. The molecule has 230 valence electrons. The molecule has 8 nitrogen and oxygen atoms in total. The van der Waals surface area contributed by atoms with Gasteiger partial charge in [-0.2, -0.15) is 0 Å². The quantitative estimate of drug-likeness (QED) is 0.199. The van der Waals surface area contributed by atoms with Crippen molar-refractivity contribution in [3.63, 3.8) is 0 Å². The van der Waals surface area contributed by atoms with E-state index in [0.29, 0.717) is 25.1 Å². The Morgan fingerprint density at radius 1 is 0.953 bits per heavy atom. The maximum absolute atomic E-state index is 12.6. The average Bonchev–Trinajstić information content (AvgIpc) is 3.02. The molecule has 0 aromatic heterocycles. The molecule has 3 aromatic rings. The van der Waals surface area contributed by atoms with E-state index in [1.807, 2.05) is 54.6 Å². The summed E-state index contributed by atoms with van der Waals surface area (Å²) < 4.78 is 13.1. The summed E-state index contributed by atoms with van der Waals surface area (Å²) in [4.78, 5) is 25.9. The van der Waals surface area contributed by atoms with Gasteiger partial charge in [0.1, 0.15) is 0 Å². The maximum Gasteiger partial charge on any atom is 0.224 e. The molecule has 4 rings (SSSR count). The molecular weight excluding hydrogens is 542 g/mol. The van der Waals surface area contributed by atoms with Crippen LogP contribution in [0.2, 0.25) is 0 Å². The van der Waals surface area contributed by atoms with E-state index in [9.17, 15) is 14.7 Å². The van der Waals surface area contributed by atoms with Gasteiger partial charge in [-0.25, -0.2) is 0 Å². The Bertz CT molecular complexity index is 1300. The molecule has 0 aliphatic carbocycles. The number of aliphatic hydroxyl groups is 1. The Kier molecular flexibility index (Phi) is 12.3. The fourth-order valence-corrected chi connectivity index (χ4v) is 5.34. The van der Waals surface area contributed by atoms with E-state index in [1.54, 1.807) is 0 Å². The lowest BCUT2D eigenvalue weighted by Gasteiger charge is -2.39. The highest BCUT2D eigenvalue weighted by Gasteiger charge is 2.33. The highest BCUT2D eigenvalue weighted by atomic mass is 16.7. The number of carbonyl (C=O) groups is 2. The molecule has 0 radical (unpaired) electrons. The highest BCUT2D eigenvalue weighted by molar-refractivity contribution is 5.90. The standard InChI is InChI=1S/C35H45N3O5/c1-25(28-11-6-4-7-12-28)38(3)23-32-22-33(29-18-16-27(24-39)17-19-29)43-35(42-32)30-13-10-14-31(21-30)37-34(41)15-8-5-9-20-36-26(2)40/h4,6-7,10-14,16-19,21,25,32-33,35,39H,5,8-9,15,20,22-24H2,1-3H3,(H,36,40)(H,37,41). The van der Waals surface area contributed by atoms with E-state index >= 15 is 0 Å². The number of rotatable bonds is 14. The first-order chi connectivity index (χ1) is 20.8. The summed E-state index contributed by atoms with van der Waals surface area (Å²) in [6.07, 6.45) is 2.71. The number of ether oxygens (including phenoxy) is 2. The van der Waals surface area contributed by atoms with Gasteiger partial charge >= 0.3 is 0 Å². The van der Waals surface area contributed by atoms with Crippen molar-refractivity contribution in [2.24, 2.45) is 0 Å². The largest absolute Gasteiger partial charge is 0.392 e. The van der Waals surface area contributed by atoms with Crippen LogP contribution in [0.5, 0.6) is 0 Å². The van der Waals surface area contributed by atoms with Crippen molar-refractivity contribution in [3.8, 4) is 0 Å². The first-order valence-electron chi connectivity index (χ1n) is 15.2. The number of carbonyl (C=O) groups excluding carboxylic acids is 2. The van der Waals surface area contributed by atoms with Crippen molar-refractivity contribution in [1.29, 1.82) is 0 Å². The second-order valence-electron chi connectivity index (χ2n) is 11.3. The molecule has 0 bridgehead atoms. The number of anilines is 1. The lowest BCUT2D eigenvalue weighted by atomic mass is 9.99. The number of hydrogen-bond acceptors (Lipinski definition) is 6. The normalized spacial score (nSPS) is 19.1. The Morgan fingerprint density at radius 2 is 1.72 bits per heavy atom. The van der Waals surface area contributed by atoms with E-state index in [1.165, 1.54) is 12.5 Å². The SMILES string of the molecule is CC(=O)NCCCCCC(=O)Nc1cccc(C2OC(CN(C)C(C)c3ccccc3)CC(c3ccc(CO)cc3)O2)c1. The predicted molar refractivity (Wildman–Crippen MR) is 168 cm³/mol. The monoisotopic (exact) mass is 587 g/mol. The van der Waals surface area contributed by atoms with Crippen LogP contribution in [0.15, 0.2) is 78.9 Å². The summed E-state index contributed by atoms with van der Waals surface area (Å²) in [7, 11) is 2.12. The van der Waals surface area contributed by atoms with Crippen molar-refractivity contribution in [2.75, 3.05) is 25.5 Å². The zero-order valence-corrected chi connectivity index (χ0v) is 25.5. The van der Waals surface area contributed by atoms with Crippen molar-refractivity contribution >= 4 is 17.5 Å². The second-order valence-corrected chi connectivity index (χ2v) is 11.3. The molecule has 1 aliphatic heterocycles. The van der Waals surface area contributed by atoms with Gasteiger partial charge in [-0.1, -0.05) is 73.2 Å². The minimum Gasteiger partial charge on any atom is -0.392 e. The summed E-state index contributed by atoms with van der Waals surface area (Å²) in [5.41, 5.74) is 4.69. The van der Waals surface area contributed by atoms with Gasteiger partial charge in [0.05, 0.1) is 18.8 Å². The molecule has 43 heavy (non-hydrogen) atoms. The topological polar surface area (TPSA) is 100 Å². The second kappa shape index (κ2) is 16.3. The summed E-state index contributed by atoms with van der Waals surface area (Å²) >= 11 is 0. The molecule has 3 N–H and O–H groups in total. The molecule has 4 unspecified atom stereocenters. The van der Waals surface area contributed by atoms with Gasteiger partial charge in [0.25, 0.3) is 0 Å². The van der Waals surface area contributed by atoms with Crippen LogP contribution in [0.1, 0.15) is 86.6 Å². The fraction of sp³-hybridized carbons (Fsp3) is 0.429. The van der Waals surface area contributed by atoms with Gasteiger partial charge in [0.2, 0.25) is 11.8 Å². The van der Waals surface area contributed by atoms with Gasteiger partial charge in [-0.3, -0.25) is 14.5 Å². The van der Waals surface area contributed by atoms with Crippen LogP contribution in [0.25, 0.3) is 0 Å². The molecular formula is C35H45N3O5. The van der Waals surface area contributed by atoms with Gasteiger partial charge in [-0.05, 0) is 55.6 Å². The Balaban J connectivity index is 1.43. The number of nitrogens with one attached hydrogen (secondary N) is 2. The van der Waals surface area contributed by atoms with Crippen molar-refractivity contribution < 1.29 is 24.2 Å². The first-order valence-corrected chi connectivity index (χ1v) is 15.2. The van der Waals surface area contributed by atoms with Gasteiger partial charge in [0.15, 0.2) is 6.29 Å². The third kappa shape index (κ3) is 10.0. The molecule has 1 fully saturated rings. The third-order valence-corrected chi connectivity index (χ3v) is 7.95. The van der Waals surface area contributed by atoms with Gasteiger partial charge < -0.3 is 25.2 Å². The van der Waals surface area contributed by atoms with E-state index in [0.717, 1.165) is 42.5 Å². The van der Waals surface area contributed by atoms with Crippen LogP contribution in [0.4, 0.5) is 5.69 Å². The van der Waals surface area contributed by atoms with Crippen LogP contribution in [-0.4, -0.2) is 48.1 Å². The van der Waals surface area contributed by atoms with Crippen molar-refractivity contribution in [1.82, 2.24) is 10.2 Å². The van der Waals surface area contributed by atoms with Crippen LogP contribution >= 0.6 is 0 Å². The Morgan fingerprint density at radius 3 is 2.44 bits per heavy atom. The van der Waals surface area contributed by atoms with Crippen LogP contribution in [0, 0.1) is 0 Å². The summed E-state index contributed by atoms with van der Waals surface area (Å²) in [6.45, 7) is 5.06. The zero-order valence-electron chi connectivity index (χ0n) is 25.5. The summed E-state index contributed by atoms with van der Waals surface area (Å²) in [5, 5.41) is 15.3. The minimum atomic E-state index is -0.604. The fourth-order valence-electron chi connectivity index (χ4n) is 5.34. The van der Waals surface area contributed by atoms with Crippen molar-refractivity contribution in [2.45, 2.75) is 77.1 Å². The van der Waals surface area contributed by atoms with E-state index < -0.39 is 6.29 Å². The molecule has 0 spiro atoms. The molecule has 1 aliphatic rings. The zero-order chi connectivity index (χ0) is 30.6. The molecule has 0 saturated carbocycles. The van der Waals surface area contributed by atoms with Crippen LogP contribution in [-0.2, 0) is 25.7 Å². The first kappa shape index (κ1) is 32.4. The number of likely N-dealkylation sites (N-methyl/N-ethyl adjacent to an activating group) is 1. The van der Waals surface area contributed by atoms with Gasteiger partial charge in [-0.15, -0.1) is 0 Å². The van der Waals surface area contributed by atoms with E-state index in [2.05, 4.69) is 53.8 Å². The highest BCUT2D eigenvalue weighted by Crippen LogP contribution is 2.39. The number of amides is 2. The third-order valence-electron chi connectivity index (χ3n) is 7.95. The molecule has 1 heterocycles. The lowest BCUT2D eigenvalue weighted by Crippen LogP contribution is -2.38.